The quantitative estimate of drug-likeness (QED) is 0.791. The molecule has 4 N–H and O–H groups in total. The van der Waals surface area contributed by atoms with Crippen LogP contribution in [0.5, 0.6) is 0 Å². The Hall–Kier alpha value is -0.880. The molecule has 1 aromatic rings. The summed E-state index contributed by atoms with van der Waals surface area (Å²) in [7, 11) is 0. The SMILES string of the molecule is Cl.N[C@H]1C[C@H](C(=O)NCc2ccc(F)c(Cl)c2)C[C@@H]1O. The third-order valence-electron chi connectivity index (χ3n) is 3.40. The second-order valence-corrected chi connectivity index (χ2v) is 5.27. The van der Waals surface area contributed by atoms with Gasteiger partial charge in [0.05, 0.1) is 11.1 Å². The average Bonchev–Trinajstić information content (AvgIpc) is 2.71. The van der Waals surface area contributed by atoms with E-state index >= 15 is 0 Å². The third-order valence-corrected chi connectivity index (χ3v) is 3.69. The summed E-state index contributed by atoms with van der Waals surface area (Å²) in [5, 5.41) is 12.3. The molecule has 7 heteroatoms. The summed E-state index contributed by atoms with van der Waals surface area (Å²) in [6.07, 6.45) is 0.255. The van der Waals surface area contributed by atoms with Gasteiger partial charge in [-0.25, -0.2) is 4.39 Å². The van der Waals surface area contributed by atoms with E-state index in [0.29, 0.717) is 12.8 Å². The van der Waals surface area contributed by atoms with Crippen LogP contribution in [0.4, 0.5) is 4.39 Å². The van der Waals surface area contributed by atoms with Gasteiger partial charge < -0.3 is 16.2 Å². The van der Waals surface area contributed by atoms with Gasteiger partial charge in [-0.1, -0.05) is 17.7 Å². The first-order chi connectivity index (χ1) is 8.97. The first kappa shape index (κ1) is 17.2. The van der Waals surface area contributed by atoms with Crippen molar-refractivity contribution in [2.24, 2.45) is 11.7 Å². The maximum absolute atomic E-state index is 13.0. The predicted molar refractivity (Wildman–Crippen MR) is 77.2 cm³/mol. The molecule has 0 unspecified atom stereocenters. The van der Waals surface area contributed by atoms with Crippen molar-refractivity contribution in [3.05, 3.63) is 34.6 Å². The number of rotatable bonds is 3. The maximum atomic E-state index is 13.0. The molecule has 1 aromatic carbocycles. The Labute approximate surface area is 127 Å². The Morgan fingerprint density at radius 3 is 2.75 bits per heavy atom. The summed E-state index contributed by atoms with van der Waals surface area (Å²) >= 11 is 5.66. The number of carbonyl (C=O) groups is 1. The summed E-state index contributed by atoms with van der Waals surface area (Å²) in [6.45, 7) is 0.278. The highest BCUT2D eigenvalue weighted by Crippen LogP contribution is 2.25. The molecule has 112 valence electrons. The summed E-state index contributed by atoms with van der Waals surface area (Å²) in [6, 6.07) is 3.97. The molecule has 0 spiro atoms. The first-order valence-corrected chi connectivity index (χ1v) is 6.50. The number of nitrogens with one attached hydrogen (secondary N) is 1. The molecule has 1 fully saturated rings. The van der Waals surface area contributed by atoms with Crippen molar-refractivity contribution in [2.45, 2.75) is 31.5 Å². The molecular weight excluding hydrogens is 306 g/mol. The first-order valence-electron chi connectivity index (χ1n) is 6.12. The van der Waals surface area contributed by atoms with Crippen LogP contribution in [0.2, 0.25) is 5.02 Å². The molecule has 0 bridgehead atoms. The van der Waals surface area contributed by atoms with E-state index < -0.39 is 11.9 Å². The Bertz CT molecular complexity index is 477. The van der Waals surface area contributed by atoms with E-state index in [2.05, 4.69) is 5.32 Å². The van der Waals surface area contributed by atoms with E-state index in [-0.39, 0.29) is 41.8 Å². The van der Waals surface area contributed by atoms with Crippen LogP contribution in [0.3, 0.4) is 0 Å². The fraction of sp³-hybridized carbons (Fsp3) is 0.462. The van der Waals surface area contributed by atoms with Crippen molar-refractivity contribution in [3.63, 3.8) is 0 Å². The highest BCUT2D eigenvalue weighted by Gasteiger charge is 2.34. The van der Waals surface area contributed by atoms with Crippen LogP contribution in [-0.4, -0.2) is 23.2 Å². The number of carbonyl (C=O) groups excluding carboxylic acids is 1. The Morgan fingerprint density at radius 1 is 1.50 bits per heavy atom. The van der Waals surface area contributed by atoms with Crippen LogP contribution < -0.4 is 11.1 Å². The molecule has 0 saturated heterocycles. The second-order valence-electron chi connectivity index (χ2n) is 4.87. The molecule has 20 heavy (non-hydrogen) atoms. The lowest BCUT2D eigenvalue weighted by atomic mass is 10.1. The van der Waals surface area contributed by atoms with E-state index in [0.717, 1.165) is 5.56 Å². The van der Waals surface area contributed by atoms with Crippen LogP contribution in [0.15, 0.2) is 18.2 Å². The molecular formula is C13H17Cl2FN2O2. The largest absolute Gasteiger partial charge is 0.391 e. The van der Waals surface area contributed by atoms with E-state index in [1.165, 1.54) is 12.1 Å². The van der Waals surface area contributed by atoms with Gasteiger partial charge in [-0.05, 0) is 30.5 Å². The van der Waals surface area contributed by atoms with Crippen molar-refractivity contribution >= 4 is 29.9 Å². The Kier molecular flexibility index (Phi) is 6.20. The lowest BCUT2D eigenvalue weighted by molar-refractivity contribution is -0.125. The highest BCUT2D eigenvalue weighted by molar-refractivity contribution is 6.30. The number of halogens is 3. The summed E-state index contributed by atoms with van der Waals surface area (Å²) in [5.41, 5.74) is 6.39. The fourth-order valence-electron chi connectivity index (χ4n) is 2.25. The monoisotopic (exact) mass is 322 g/mol. The minimum absolute atomic E-state index is 0. The number of aliphatic hydroxyl groups excluding tert-OH is 1. The normalized spacial score (nSPS) is 25.1. The number of hydrogen-bond acceptors (Lipinski definition) is 3. The molecule has 0 heterocycles. The van der Waals surface area contributed by atoms with E-state index in [1.807, 2.05) is 0 Å². The maximum Gasteiger partial charge on any atom is 0.223 e. The van der Waals surface area contributed by atoms with Gasteiger partial charge in [0, 0.05) is 18.5 Å². The zero-order chi connectivity index (χ0) is 14.0. The topological polar surface area (TPSA) is 75.4 Å². The Balaban J connectivity index is 0.00000200. The van der Waals surface area contributed by atoms with Gasteiger partial charge in [-0.3, -0.25) is 4.79 Å². The second kappa shape index (κ2) is 7.22. The van der Waals surface area contributed by atoms with E-state index in [1.54, 1.807) is 6.07 Å². The molecule has 0 aliphatic heterocycles. The Morgan fingerprint density at radius 2 is 2.20 bits per heavy atom. The molecule has 1 amide bonds. The standard InChI is InChI=1S/C13H16ClFN2O2.ClH/c14-9-3-7(1-2-10(9)15)6-17-13(19)8-4-11(16)12(18)5-8;/h1-3,8,11-12,18H,4-6,16H2,(H,17,19);1H/t8-,11-,12-;/m0./s1. The minimum Gasteiger partial charge on any atom is -0.391 e. The van der Waals surface area contributed by atoms with Crippen LogP contribution >= 0.6 is 24.0 Å². The van der Waals surface area contributed by atoms with Gasteiger partial charge >= 0.3 is 0 Å². The fourth-order valence-corrected chi connectivity index (χ4v) is 2.45. The van der Waals surface area contributed by atoms with E-state index in [4.69, 9.17) is 17.3 Å². The lowest BCUT2D eigenvalue weighted by Crippen LogP contribution is -2.30. The molecule has 4 nitrogen and oxygen atoms in total. The molecule has 0 aromatic heterocycles. The number of aliphatic hydroxyl groups is 1. The van der Waals surface area contributed by atoms with Crippen LogP contribution in [0.1, 0.15) is 18.4 Å². The number of hydrogen-bond donors (Lipinski definition) is 3. The summed E-state index contributed by atoms with van der Waals surface area (Å²) in [4.78, 5) is 11.9. The van der Waals surface area contributed by atoms with Gasteiger partial charge in [0.25, 0.3) is 0 Å². The molecule has 1 saturated carbocycles. The van der Waals surface area contributed by atoms with Crippen LogP contribution in [0, 0.1) is 11.7 Å². The molecule has 1 aliphatic rings. The zero-order valence-corrected chi connectivity index (χ0v) is 12.3. The smallest absolute Gasteiger partial charge is 0.223 e. The van der Waals surface area contributed by atoms with Crippen LogP contribution in [-0.2, 0) is 11.3 Å². The van der Waals surface area contributed by atoms with Gasteiger partial charge in [-0.2, -0.15) is 0 Å². The lowest BCUT2D eigenvalue weighted by Gasteiger charge is -2.10. The number of amides is 1. The van der Waals surface area contributed by atoms with Crippen molar-refractivity contribution in [1.29, 1.82) is 0 Å². The molecule has 3 atom stereocenters. The summed E-state index contributed by atoms with van der Waals surface area (Å²) in [5.74, 6) is -0.894. The van der Waals surface area contributed by atoms with Crippen molar-refractivity contribution in [1.82, 2.24) is 5.32 Å². The van der Waals surface area contributed by atoms with Crippen molar-refractivity contribution < 1.29 is 14.3 Å². The molecule has 2 rings (SSSR count). The number of nitrogens with two attached hydrogens (primary N) is 1. The minimum atomic E-state index is -0.615. The van der Waals surface area contributed by atoms with Crippen molar-refractivity contribution in [3.8, 4) is 0 Å². The predicted octanol–water partition coefficient (Wildman–Crippen LogP) is 1.62. The van der Waals surface area contributed by atoms with Gasteiger partial charge in [0.2, 0.25) is 5.91 Å². The zero-order valence-electron chi connectivity index (χ0n) is 10.7. The van der Waals surface area contributed by atoms with Gasteiger partial charge in [0.15, 0.2) is 0 Å². The average molecular weight is 323 g/mol. The van der Waals surface area contributed by atoms with E-state index in [9.17, 15) is 14.3 Å². The summed E-state index contributed by atoms with van der Waals surface area (Å²) < 4.78 is 13.0. The van der Waals surface area contributed by atoms with Gasteiger partial charge in [-0.15, -0.1) is 12.4 Å². The molecule has 0 radical (unpaired) electrons. The van der Waals surface area contributed by atoms with Crippen molar-refractivity contribution in [2.75, 3.05) is 0 Å². The molecule has 1 aliphatic carbocycles. The van der Waals surface area contributed by atoms with Crippen LogP contribution in [0.25, 0.3) is 0 Å². The van der Waals surface area contributed by atoms with Gasteiger partial charge in [0.1, 0.15) is 5.82 Å². The third kappa shape index (κ3) is 4.06. The number of benzene rings is 1. The highest BCUT2D eigenvalue weighted by atomic mass is 35.5.